The zero-order valence-electron chi connectivity index (χ0n) is 10.3. The van der Waals surface area contributed by atoms with Crippen molar-refractivity contribution in [3.8, 4) is 17.0 Å². The molecule has 2 aromatic heterocycles. The van der Waals surface area contributed by atoms with Crippen molar-refractivity contribution in [1.82, 2.24) is 9.38 Å². The summed E-state index contributed by atoms with van der Waals surface area (Å²) in [6.07, 6.45) is 1.84. The second-order valence-corrected chi connectivity index (χ2v) is 4.53. The fraction of sp³-hybridized carbons (Fsp3) is 0.0714. The molecule has 5 heteroatoms. The highest BCUT2D eigenvalue weighted by atomic mass is 35.5. The summed E-state index contributed by atoms with van der Waals surface area (Å²) in [5.74, 6) is 1.32. The van der Waals surface area contributed by atoms with Crippen LogP contribution in [0.2, 0.25) is 5.02 Å². The van der Waals surface area contributed by atoms with E-state index in [9.17, 15) is 0 Å². The first-order chi connectivity index (χ1) is 9.20. The SMILES string of the molecule is COc1cccc(-c2nc3c(Cl)cccn3c2N)c1. The zero-order chi connectivity index (χ0) is 13.4. The lowest BCUT2D eigenvalue weighted by Gasteiger charge is -2.02. The molecule has 1 aromatic carbocycles. The molecule has 0 unspecified atom stereocenters. The number of fused-ring (bicyclic) bond motifs is 1. The standard InChI is InChI=1S/C14H12ClN3O/c1-19-10-5-2-4-9(8-10)12-13(16)18-7-3-6-11(15)14(18)17-12/h2-8H,16H2,1H3. The van der Waals surface area contributed by atoms with Crippen molar-refractivity contribution in [3.05, 3.63) is 47.6 Å². The summed E-state index contributed by atoms with van der Waals surface area (Å²) < 4.78 is 6.99. The van der Waals surface area contributed by atoms with E-state index in [4.69, 9.17) is 22.1 Å². The molecular formula is C14H12ClN3O. The van der Waals surface area contributed by atoms with E-state index in [1.165, 1.54) is 0 Å². The van der Waals surface area contributed by atoms with Crippen LogP contribution in [0.3, 0.4) is 0 Å². The Balaban J connectivity index is 2.25. The molecule has 0 aliphatic carbocycles. The van der Waals surface area contributed by atoms with Gasteiger partial charge in [-0.2, -0.15) is 0 Å². The highest BCUT2D eigenvalue weighted by molar-refractivity contribution is 6.33. The van der Waals surface area contributed by atoms with Crippen LogP contribution >= 0.6 is 11.6 Å². The van der Waals surface area contributed by atoms with Crippen molar-refractivity contribution in [3.63, 3.8) is 0 Å². The molecule has 0 fully saturated rings. The number of imidazole rings is 1. The molecule has 0 amide bonds. The van der Waals surface area contributed by atoms with Crippen LogP contribution in [0.25, 0.3) is 16.9 Å². The number of nitrogen functional groups attached to an aromatic ring is 1. The molecule has 0 saturated carbocycles. The molecule has 2 N–H and O–H groups in total. The number of benzene rings is 1. The van der Waals surface area contributed by atoms with Gasteiger partial charge in [0.2, 0.25) is 0 Å². The van der Waals surface area contributed by atoms with Crippen molar-refractivity contribution in [2.75, 3.05) is 12.8 Å². The average Bonchev–Trinajstić information content (AvgIpc) is 2.78. The summed E-state index contributed by atoms with van der Waals surface area (Å²) in [5, 5.41) is 0.573. The number of pyridine rings is 1. The maximum Gasteiger partial charge on any atom is 0.157 e. The van der Waals surface area contributed by atoms with Crippen LogP contribution < -0.4 is 10.5 Å². The van der Waals surface area contributed by atoms with Crippen molar-refractivity contribution in [1.29, 1.82) is 0 Å². The molecule has 0 bridgehead atoms. The number of ether oxygens (including phenoxy) is 1. The van der Waals surface area contributed by atoms with Crippen LogP contribution in [0.5, 0.6) is 5.75 Å². The van der Waals surface area contributed by atoms with Crippen LogP contribution in [0.15, 0.2) is 42.6 Å². The van der Waals surface area contributed by atoms with E-state index in [1.807, 2.05) is 36.5 Å². The molecule has 0 spiro atoms. The van der Waals surface area contributed by atoms with Gasteiger partial charge < -0.3 is 10.5 Å². The quantitative estimate of drug-likeness (QED) is 0.780. The third-order valence-electron chi connectivity index (χ3n) is 2.98. The van der Waals surface area contributed by atoms with Crippen molar-refractivity contribution < 1.29 is 4.74 Å². The Labute approximate surface area is 115 Å². The van der Waals surface area contributed by atoms with Gasteiger partial charge in [-0.3, -0.25) is 4.40 Å². The molecule has 19 heavy (non-hydrogen) atoms. The predicted molar refractivity (Wildman–Crippen MR) is 76.6 cm³/mol. The molecule has 0 radical (unpaired) electrons. The minimum Gasteiger partial charge on any atom is -0.497 e. The van der Waals surface area contributed by atoms with Gasteiger partial charge in [0.15, 0.2) is 5.65 Å². The number of halogens is 1. The van der Waals surface area contributed by atoms with Crippen LogP contribution in [0.1, 0.15) is 0 Å². The van der Waals surface area contributed by atoms with Gasteiger partial charge in [-0.1, -0.05) is 23.7 Å². The molecule has 0 aliphatic heterocycles. The second kappa shape index (κ2) is 4.48. The van der Waals surface area contributed by atoms with E-state index < -0.39 is 0 Å². The Morgan fingerprint density at radius 2 is 2.11 bits per heavy atom. The minimum atomic E-state index is 0.561. The normalized spacial score (nSPS) is 10.8. The first-order valence-electron chi connectivity index (χ1n) is 5.77. The number of rotatable bonds is 2. The lowest BCUT2D eigenvalue weighted by Crippen LogP contribution is -1.94. The first kappa shape index (κ1) is 11.9. The topological polar surface area (TPSA) is 52.5 Å². The molecule has 3 aromatic rings. The number of nitrogens with two attached hydrogens (primary N) is 1. The summed E-state index contributed by atoms with van der Waals surface area (Å²) in [7, 11) is 1.63. The van der Waals surface area contributed by atoms with Gasteiger partial charge in [-0.05, 0) is 24.3 Å². The fourth-order valence-corrected chi connectivity index (χ4v) is 2.24. The third kappa shape index (κ3) is 1.90. The number of aromatic nitrogens is 2. The number of hydrogen-bond acceptors (Lipinski definition) is 3. The van der Waals surface area contributed by atoms with Gasteiger partial charge >= 0.3 is 0 Å². The van der Waals surface area contributed by atoms with E-state index in [0.29, 0.717) is 22.2 Å². The first-order valence-corrected chi connectivity index (χ1v) is 6.15. The Hall–Kier alpha value is -2.20. The summed E-state index contributed by atoms with van der Waals surface area (Å²) in [6.45, 7) is 0. The van der Waals surface area contributed by atoms with E-state index in [2.05, 4.69) is 4.98 Å². The van der Waals surface area contributed by atoms with E-state index in [0.717, 1.165) is 11.3 Å². The van der Waals surface area contributed by atoms with Gasteiger partial charge in [-0.25, -0.2) is 4.98 Å². The monoisotopic (exact) mass is 273 g/mol. The molecule has 0 atom stereocenters. The maximum atomic E-state index is 6.13. The molecular weight excluding hydrogens is 262 g/mol. The summed E-state index contributed by atoms with van der Waals surface area (Å²) >= 11 is 6.12. The van der Waals surface area contributed by atoms with Gasteiger partial charge in [0, 0.05) is 11.8 Å². The Kier molecular flexibility index (Phi) is 2.80. The maximum absolute atomic E-state index is 6.13. The van der Waals surface area contributed by atoms with Crippen LogP contribution in [-0.4, -0.2) is 16.5 Å². The van der Waals surface area contributed by atoms with Gasteiger partial charge in [-0.15, -0.1) is 0 Å². The highest BCUT2D eigenvalue weighted by Crippen LogP contribution is 2.30. The molecule has 3 rings (SSSR count). The van der Waals surface area contributed by atoms with Crippen LogP contribution in [0.4, 0.5) is 5.82 Å². The zero-order valence-corrected chi connectivity index (χ0v) is 11.1. The average molecular weight is 274 g/mol. The molecule has 96 valence electrons. The lowest BCUT2D eigenvalue weighted by molar-refractivity contribution is 0.415. The second-order valence-electron chi connectivity index (χ2n) is 4.13. The third-order valence-corrected chi connectivity index (χ3v) is 3.28. The number of nitrogens with zero attached hydrogens (tertiary/aromatic N) is 2. The summed E-state index contributed by atoms with van der Waals surface area (Å²) in [5.41, 5.74) is 8.39. The van der Waals surface area contributed by atoms with E-state index in [1.54, 1.807) is 17.6 Å². The molecule has 0 saturated heterocycles. The molecule has 4 nitrogen and oxygen atoms in total. The van der Waals surface area contributed by atoms with Crippen molar-refractivity contribution in [2.45, 2.75) is 0 Å². The van der Waals surface area contributed by atoms with Crippen molar-refractivity contribution in [2.24, 2.45) is 0 Å². The fourth-order valence-electron chi connectivity index (χ4n) is 2.04. The Bertz CT molecular complexity index is 752. The number of anilines is 1. The van der Waals surface area contributed by atoms with Crippen molar-refractivity contribution >= 4 is 23.1 Å². The highest BCUT2D eigenvalue weighted by Gasteiger charge is 2.13. The molecule has 0 aliphatic rings. The van der Waals surface area contributed by atoms with E-state index >= 15 is 0 Å². The largest absolute Gasteiger partial charge is 0.497 e. The van der Waals surface area contributed by atoms with Gasteiger partial charge in [0.1, 0.15) is 17.3 Å². The van der Waals surface area contributed by atoms with Crippen LogP contribution in [-0.2, 0) is 0 Å². The van der Waals surface area contributed by atoms with Gasteiger partial charge in [0.05, 0.1) is 12.1 Å². The van der Waals surface area contributed by atoms with Crippen LogP contribution in [0, 0.1) is 0 Å². The van der Waals surface area contributed by atoms with Gasteiger partial charge in [0.25, 0.3) is 0 Å². The Morgan fingerprint density at radius 3 is 2.84 bits per heavy atom. The minimum absolute atomic E-state index is 0.561. The summed E-state index contributed by atoms with van der Waals surface area (Å²) in [4.78, 5) is 4.51. The number of hydrogen-bond donors (Lipinski definition) is 1. The summed E-state index contributed by atoms with van der Waals surface area (Å²) in [6, 6.07) is 11.2. The lowest BCUT2D eigenvalue weighted by atomic mass is 10.1. The Morgan fingerprint density at radius 1 is 1.26 bits per heavy atom. The smallest absolute Gasteiger partial charge is 0.157 e. The molecule has 2 heterocycles. The number of methoxy groups -OCH3 is 1. The van der Waals surface area contributed by atoms with E-state index in [-0.39, 0.29) is 0 Å². The predicted octanol–water partition coefficient (Wildman–Crippen LogP) is 3.25.